The maximum atomic E-state index is 9.75. The lowest BCUT2D eigenvalue weighted by molar-refractivity contribution is 0.482. The van der Waals surface area contributed by atoms with E-state index in [2.05, 4.69) is 4.98 Å². The molecular formula is C11H8N2O. The van der Waals surface area contributed by atoms with Crippen LogP contribution in [0.4, 0.5) is 0 Å². The molecule has 0 saturated carbocycles. The zero-order valence-electron chi connectivity index (χ0n) is 7.38. The van der Waals surface area contributed by atoms with Gasteiger partial charge in [-0.05, 0) is 17.5 Å². The Bertz CT molecular complexity index is 613. The minimum Gasteiger partial charge on any atom is -0.507 e. The number of fused-ring (bicyclic) bond motifs is 3. The van der Waals surface area contributed by atoms with Crippen molar-refractivity contribution < 1.29 is 5.11 Å². The fourth-order valence-electron chi connectivity index (χ4n) is 1.75. The second kappa shape index (κ2) is 2.48. The molecule has 2 heterocycles. The third-order valence-electron chi connectivity index (χ3n) is 2.41. The molecule has 0 amide bonds. The summed E-state index contributed by atoms with van der Waals surface area (Å²) in [4.78, 5) is 4.04. The molecule has 0 radical (unpaired) electrons. The number of imidazole rings is 1. The maximum Gasteiger partial charge on any atom is 0.125 e. The van der Waals surface area contributed by atoms with E-state index in [9.17, 15) is 5.11 Å². The smallest absolute Gasteiger partial charge is 0.125 e. The third-order valence-corrected chi connectivity index (χ3v) is 2.41. The Hall–Kier alpha value is -2.03. The van der Waals surface area contributed by atoms with E-state index in [4.69, 9.17) is 0 Å². The molecule has 0 bridgehead atoms. The topological polar surface area (TPSA) is 37.5 Å². The van der Waals surface area contributed by atoms with Crippen LogP contribution in [0.1, 0.15) is 0 Å². The van der Waals surface area contributed by atoms with Gasteiger partial charge >= 0.3 is 0 Å². The average Bonchev–Trinajstić information content (AvgIpc) is 2.65. The van der Waals surface area contributed by atoms with E-state index in [1.807, 2.05) is 28.8 Å². The second-order valence-corrected chi connectivity index (χ2v) is 3.24. The van der Waals surface area contributed by atoms with Crippen molar-refractivity contribution in [2.45, 2.75) is 0 Å². The van der Waals surface area contributed by atoms with Gasteiger partial charge in [-0.2, -0.15) is 0 Å². The maximum absolute atomic E-state index is 9.75. The van der Waals surface area contributed by atoms with Crippen molar-refractivity contribution in [2.75, 3.05) is 0 Å². The molecule has 1 N–H and O–H groups in total. The van der Waals surface area contributed by atoms with Gasteiger partial charge in [0.1, 0.15) is 5.75 Å². The van der Waals surface area contributed by atoms with Crippen molar-refractivity contribution >= 4 is 16.3 Å². The van der Waals surface area contributed by atoms with Crippen molar-refractivity contribution in [3.63, 3.8) is 0 Å². The third kappa shape index (κ3) is 0.836. The van der Waals surface area contributed by atoms with Gasteiger partial charge in [-0.1, -0.05) is 12.1 Å². The van der Waals surface area contributed by atoms with Crippen LogP contribution in [0.25, 0.3) is 16.3 Å². The number of nitrogens with zero attached hydrogens (tertiary/aromatic N) is 2. The number of rotatable bonds is 0. The first-order chi connectivity index (χ1) is 6.86. The van der Waals surface area contributed by atoms with Crippen molar-refractivity contribution in [3.05, 3.63) is 43.0 Å². The van der Waals surface area contributed by atoms with Gasteiger partial charge in [0.15, 0.2) is 0 Å². The van der Waals surface area contributed by atoms with Crippen LogP contribution in [-0.4, -0.2) is 14.5 Å². The zero-order valence-corrected chi connectivity index (χ0v) is 7.38. The molecule has 3 aromatic rings. The van der Waals surface area contributed by atoms with Gasteiger partial charge in [0.05, 0.1) is 18.0 Å². The first kappa shape index (κ1) is 7.38. The van der Waals surface area contributed by atoms with Crippen LogP contribution in [0.3, 0.4) is 0 Å². The van der Waals surface area contributed by atoms with Gasteiger partial charge in [-0.3, -0.25) is 0 Å². The molecule has 3 heteroatoms. The molecule has 3 nitrogen and oxygen atoms in total. The summed E-state index contributed by atoms with van der Waals surface area (Å²) in [5.41, 5.74) is 0.931. The lowest BCUT2D eigenvalue weighted by Gasteiger charge is -2.02. The molecule has 68 valence electrons. The van der Waals surface area contributed by atoms with Crippen molar-refractivity contribution in [1.29, 1.82) is 0 Å². The number of hydrogen-bond donors (Lipinski definition) is 1. The number of hydrogen-bond acceptors (Lipinski definition) is 2. The highest BCUT2D eigenvalue weighted by Crippen LogP contribution is 2.27. The van der Waals surface area contributed by atoms with Crippen LogP contribution in [-0.2, 0) is 0 Å². The number of aromatic nitrogens is 2. The van der Waals surface area contributed by atoms with E-state index in [1.54, 1.807) is 18.6 Å². The predicted octanol–water partition coefficient (Wildman–Crippen LogP) is 2.19. The molecule has 0 aliphatic rings. The van der Waals surface area contributed by atoms with Gasteiger partial charge in [0.25, 0.3) is 0 Å². The largest absolute Gasteiger partial charge is 0.507 e. The lowest BCUT2D eigenvalue weighted by atomic mass is 10.1. The van der Waals surface area contributed by atoms with Crippen LogP contribution in [0.2, 0.25) is 0 Å². The summed E-state index contributed by atoms with van der Waals surface area (Å²) < 4.78 is 1.89. The van der Waals surface area contributed by atoms with E-state index in [1.165, 1.54) is 0 Å². The van der Waals surface area contributed by atoms with E-state index >= 15 is 0 Å². The Morgan fingerprint density at radius 1 is 1.21 bits per heavy atom. The number of phenolic OH excluding ortho intramolecular Hbond substituents is 1. The molecule has 0 aliphatic heterocycles. The summed E-state index contributed by atoms with van der Waals surface area (Å²) >= 11 is 0. The van der Waals surface area contributed by atoms with Gasteiger partial charge < -0.3 is 9.51 Å². The minimum atomic E-state index is 0.300. The molecule has 0 fully saturated rings. The van der Waals surface area contributed by atoms with Crippen LogP contribution in [0.15, 0.2) is 43.0 Å². The Balaban J connectivity index is 2.67. The normalized spacial score (nSPS) is 11.1. The fourth-order valence-corrected chi connectivity index (χ4v) is 1.75. The summed E-state index contributed by atoms with van der Waals surface area (Å²) in [5, 5.41) is 11.6. The summed E-state index contributed by atoms with van der Waals surface area (Å²) in [7, 11) is 0. The van der Waals surface area contributed by atoms with Crippen LogP contribution in [0.5, 0.6) is 5.75 Å². The summed E-state index contributed by atoms with van der Waals surface area (Å²) in [6, 6.07) is 7.46. The Kier molecular flexibility index (Phi) is 1.31. The van der Waals surface area contributed by atoms with Crippen LogP contribution >= 0.6 is 0 Å². The molecule has 14 heavy (non-hydrogen) atoms. The molecule has 0 spiro atoms. The molecule has 1 aromatic carbocycles. The Morgan fingerprint density at radius 3 is 3.07 bits per heavy atom. The van der Waals surface area contributed by atoms with E-state index < -0.39 is 0 Å². The molecule has 0 saturated heterocycles. The van der Waals surface area contributed by atoms with Crippen LogP contribution in [0, 0.1) is 0 Å². The molecule has 2 aromatic heterocycles. The summed E-state index contributed by atoms with van der Waals surface area (Å²) in [5.74, 6) is 0.300. The van der Waals surface area contributed by atoms with Gasteiger partial charge in [0.2, 0.25) is 0 Å². The summed E-state index contributed by atoms with van der Waals surface area (Å²) in [6.45, 7) is 0. The van der Waals surface area contributed by atoms with Gasteiger partial charge in [0, 0.05) is 11.6 Å². The first-order valence-corrected chi connectivity index (χ1v) is 4.38. The number of benzene rings is 1. The van der Waals surface area contributed by atoms with Crippen molar-refractivity contribution in [3.8, 4) is 5.75 Å². The minimum absolute atomic E-state index is 0.300. The molecular weight excluding hydrogens is 176 g/mol. The standard InChI is InChI=1S/C11H8N2O/c14-10-3-1-2-8-4-5-13-7-12-6-9(13)11(8)10/h1-7,14H. The Morgan fingerprint density at radius 2 is 2.14 bits per heavy atom. The van der Waals surface area contributed by atoms with E-state index in [0.29, 0.717) is 5.75 Å². The molecule has 0 atom stereocenters. The monoisotopic (exact) mass is 184 g/mol. The first-order valence-electron chi connectivity index (χ1n) is 4.38. The highest BCUT2D eigenvalue weighted by Gasteiger charge is 2.04. The van der Waals surface area contributed by atoms with Gasteiger partial charge in [-0.15, -0.1) is 0 Å². The molecule has 3 rings (SSSR count). The second-order valence-electron chi connectivity index (χ2n) is 3.24. The van der Waals surface area contributed by atoms with Crippen LogP contribution < -0.4 is 0 Å². The quantitative estimate of drug-likeness (QED) is 0.581. The predicted molar refractivity (Wildman–Crippen MR) is 54.4 cm³/mol. The fraction of sp³-hybridized carbons (Fsp3) is 0. The van der Waals surface area contributed by atoms with Crippen molar-refractivity contribution in [2.24, 2.45) is 0 Å². The van der Waals surface area contributed by atoms with E-state index in [-0.39, 0.29) is 0 Å². The van der Waals surface area contributed by atoms with Gasteiger partial charge in [-0.25, -0.2) is 4.98 Å². The molecule has 0 unspecified atom stereocenters. The number of aromatic hydroxyl groups is 1. The zero-order chi connectivity index (χ0) is 9.54. The highest BCUT2D eigenvalue weighted by molar-refractivity contribution is 5.99. The number of phenols is 1. The van der Waals surface area contributed by atoms with E-state index in [0.717, 1.165) is 16.3 Å². The lowest BCUT2D eigenvalue weighted by Crippen LogP contribution is -1.83. The highest BCUT2D eigenvalue weighted by atomic mass is 16.3. The Labute approximate surface area is 80.2 Å². The average molecular weight is 184 g/mol. The van der Waals surface area contributed by atoms with Crippen molar-refractivity contribution in [1.82, 2.24) is 9.38 Å². The SMILES string of the molecule is Oc1cccc2ccn3cncc3c12. The summed E-state index contributed by atoms with van der Waals surface area (Å²) in [6.07, 6.45) is 5.41. The number of pyridine rings is 1. The molecule has 0 aliphatic carbocycles.